The fraction of sp³-hybridized carbons (Fsp3) is 0.148. The second-order valence-electron chi connectivity index (χ2n) is 7.88. The number of amides is 1. The summed E-state index contributed by atoms with van der Waals surface area (Å²) < 4.78 is 10.0. The van der Waals surface area contributed by atoms with Gasteiger partial charge in [0.15, 0.2) is 0 Å². The summed E-state index contributed by atoms with van der Waals surface area (Å²) in [5.41, 5.74) is 1.75. The number of carbonyl (C=O) groups excluding carboxylic acids is 3. The first-order chi connectivity index (χ1) is 16.8. The molecule has 1 atom stereocenters. The number of Topliss-reactive ketones (excluding diaryl/α,β-unsaturated/α-hetero) is 1. The van der Waals surface area contributed by atoms with E-state index < -0.39 is 23.7 Å². The third-order valence-electron chi connectivity index (χ3n) is 5.81. The van der Waals surface area contributed by atoms with Crippen LogP contribution in [0, 0.1) is 0 Å². The van der Waals surface area contributed by atoms with Crippen molar-refractivity contribution in [1.82, 2.24) is 0 Å². The second-order valence-corrected chi connectivity index (χ2v) is 7.88. The van der Waals surface area contributed by atoms with Gasteiger partial charge in [0.1, 0.15) is 17.3 Å². The Hall–Kier alpha value is -4.59. The second kappa shape index (κ2) is 9.72. The van der Waals surface area contributed by atoms with Crippen molar-refractivity contribution in [3.63, 3.8) is 0 Å². The lowest BCUT2D eigenvalue weighted by molar-refractivity contribution is -0.139. The van der Waals surface area contributed by atoms with E-state index in [1.807, 2.05) is 0 Å². The summed E-state index contributed by atoms with van der Waals surface area (Å²) in [7, 11) is 2.74. The first-order valence-electron chi connectivity index (χ1n) is 10.7. The summed E-state index contributed by atoms with van der Waals surface area (Å²) in [6, 6.07) is 18.3. The van der Waals surface area contributed by atoms with Crippen molar-refractivity contribution in [3.05, 3.63) is 95.1 Å². The number of para-hydroxylation sites is 1. The molecule has 178 valence electrons. The van der Waals surface area contributed by atoms with Crippen LogP contribution in [-0.2, 0) is 25.5 Å². The number of ether oxygens (including phenoxy) is 2. The molecule has 0 bridgehead atoms. The number of benzene rings is 3. The Balaban J connectivity index is 1.87. The number of carbonyl (C=O) groups is 3. The van der Waals surface area contributed by atoms with E-state index in [1.165, 1.54) is 31.3 Å². The molecule has 0 saturated carbocycles. The van der Waals surface area contributed by atoms with Gasteiger partial charge in [-0.25, -0.2) is 0 Å². The third kappa shape index (κ3) is 4.46. The van der Waals surface area contributed by atoms with Gasteiger partial charge in [-0.15, -0.1) is 0 Å². The number of ketones is 1. The van der Waals surface area contributed by atoms with Crippen molar-refractivity contribution in [2.75, 3.05) is 19.1 Å². The monoisotopic (exact) mass is 473 g/mol. The Morgan fingerprint density at radius 2 is 1.60 bits per heavy atom. The molecular formula is C27H23NO7. The minimum absolute atomic E-state index is 0.0163. The van der Waals surface area contributed by atoms with E-state index in [1.54, 1.807) is 60.7 Å². The maximum atomic E-state index is 13.2. The molecule has 8 heteroatoms. The van der Waals surface area contributed by atoms with E-state index in [2.05, 4.69) is 4.74 Å². The van der Waals surface area contributed by atoms with Gasteiger partial charge in [0.05, 0.1) is 37.8 Å². The average molecular weight is 473 g/mol. The zero-order valence-corrected chi connectivity index (χ0v) is 19.1. The minimum atomic E-state index is -0.966. The van der Waals surface area contributed by atoms with Crippen LogP contribution in [0.1, 0.15) is 22.7 Å². The Kier molecular flexibility index (Phi) is 6.55. The number of methoxy groups -OCH3 is 2. The normalized spacial score (nSPS) is 16.9. The fourth-order valence-corrected chi connectivity index (χ4v) is 4.07. The van der Waals surface area contributed by atoms with Crippen LogP contribution in [0.3, 0.4) is 0 Å². The van der Waals surface area contributed by atoms with Gasteiger partial charge in [-0.05, 0) is 47.5 Å². The highest BCUT2D eigenvalue weighted by Crippen LogP contribution is 2.43. The average Bonchev–Trinajstić information content (AvgIpc) is 3.14. The van der Waals surface area contributed by atoms with Crippen molar-refractivity contribution >= 4 is 29.1 Å². The summed E-state index contributed by atoms with van der Waals surface area (Å²) in [4.78, 5) is 39.4. The highest BCUT2D eigenvalue weighted by Gasteiger charge is 2.47. The van der Waals surface area contributed by atoms with Gasteiger partial charge < -0.3 is 19.7 Å². The largest absolute Gasteiger partial charge is 0.508 e. The molecule has 0 aromatic heterocycles. The van der Waals surface area contributed by atoms with Crippen LogP contribution in [-0.4, -0.2) is 42.1 Å². The molecule has 1 fully saturated rings. The number of esters is 1. The van der Waals surface area contributed by atoms with E-state index in [9.17, 15) is 24.6 Å². The minimum Gasteiger partial charge on any atom is -0.508 e. The van der Waals surface area contributed by atoms with Gasteiger partial charge in [-0.3, -0.25) is 19.3 Å². The lowest BCUT2D eigenvalue weighted by Gasteiger charge is -2.25. The van der Waals surface area contributed by atoms with Crippen LogP contribution in [0.15, 0.2) is 78.4 Å². The fourth-order valence-electron chi connectivity index (χ4n) is 4.07. The van der Waals surface area contributed by atoms with Crippen molar-refractivity contribution in [1.29, 1.82) is 0 Å². The summed E-state index contributed by atoms with van der Waals surface area (Å²) >= 11 is 0. The van der Waals surface area contributed by atoms with E-state index in [0.29, 0.717) is 22.6 Å². The smallest absolute Gasteiger partial charge is 0.309 e. The molecular weight excluding hydrogens is 450 g/mol. The van der Waals surface area contributed by atoms with Crippen LogP contribution in [0.25, 0.3) is 5.76 Å². The molecule has 0 aliphatic carbocycles. The van der Waals surface area contributed by atoms with Crippen LogP contribution in [0.4, 0.5) is 5.69 Å². The Morgan fingerprint density at radius 3 is 2.23 bits per heavy atom. The molecule has 1 aliphatic heterocycles. The van der Waals surface area contributed by atoms with Gasteiger partial charge >= 0.3 is 5.97 Å². The van der Waals surface area contributed by atoms with Gasteiger partial charge in [0, 0.05) is 5.69 Å². The number of aromatic hydroxyl groups is 1. The number of nitrogens with zero attached hydrogens (tertiary/aromatic N) is 1. The SMILES string of the molecule is COC(=O)Cc1ccc(N2C(=O)C(=O)/C(=C(\O)c3ccccc3OC)C2c2ccc(O)cc2)cc1. The highest BCUT2D eigenvalue weighted by molar-refractivity contribution is 6.51. The molecule has 1 unspecified atom stereocenters. The number of anilines is 1. The molecule has 1 amide bonds. The number of aliphatic hydroxyl groups is 1. The van der Waals surface area contributed by atoms with E-state index >= 15 is 0 Å². The van der Waals surface area contributed by atoms with Gasteiger partial charge in [0.2, 0.25) is 0 Å². The molecule has 35 heavy (non-hydrogen) atoms. The summed E-state index contributed by atoms with van der Waals surface area (Å²) in [6.45, 7) is 0. The van der Waals surface area contributed by atoms with Crippen molar-refractivity contribution < 1.29 is 34.1 Å². The molecule has 1 heterocycles. The Morgan fingerprint density at radius 1 is 0.943 bits per heavy atom. The van der Waals surface area contributed by atoms with Crippen molar-refractivity contribution in [2.24, 2.45) is 0 Å². The molecule has 0 spiro atoms. The number of phenolic OH excluding ortho intramolecular Hbond substituents is 1. The van der Waals surface area contributed by atoms with Crippen LogP contribution in [0.2, 0.25) is 0 Å². The van der Waals surface area contributed by atoms with Gasteiger partial charge in [-0.1, -0.05) is 36.4 Å². The first kappa shape index (κ1) is 23.6. The molecule has 4 rings (SSSR count). The first-order valence-corrected chi connectivity index (χ1v) is 10.7. The predicted molar refractivity (Wildman–Crippen MR) is 128 cm³/mol. The molecule has 3 aromatic rings. The van der Waals surface area contributed by atoms with Crippen molar-refractivity contribution in [2.45, 2.75) is 12.5 Å². The number of rotatable bonds is 6. The summed E-state index contributed by atoms with van der Waals surface area (Å²) in [5, 5.41) is 21.0. The zero-order valence-electron chi connectivity index (χ0n) is 19.1. The molecule has 2 N–H and O–H groups in total. The lowest BCUT2D eigenvalue weighted by atomic mass is 9.94. The molecule has 1 saturated heterocycles. The quantitative estimate of drug-likeness (QED) is 0.243. The van der Waals surface area contributed by atoms with E-state index in [0.717, 1.165) is 0 Å². The van der Waals surface area contributed by atoms with E-state index in [4.69, 9.17) is 4.74 Å². The van der Waals surface area contributed by atoms with Crippen LogP contribution in [0.5, 0.6) is 11.5 Å². The maximum Gasteiger partial charge on any atom is 0.309 e. The van der Waals surface area contributed by atoms with Gasteiger partial charge in [0.25, 0.3) is 11.7 Å². The topological polar surface area (TPSA) is 113 Å². The Bertz CT molecular complexity index is 1310. The number of phenols is 1. The summed E-state index contributed by atoms with van der Waals surface area (Å²) in [5.74, 6) is -2.09. The third-order valence-corrected chi connectivity index (χ3v) is 5.81. The van der Waals surface area contributed by atoms with Crippen LogP contribution >= 0.6 is 0 Å². The van der Waals surface area contributed by atoms with Gasteiger partial charge in [-0.2, -0.15) is 0 Å². The summed E-state index contributed by atoms with van der Waals surface area (Å²) in [6.07, 6.45) is 0.0603. The number of aliphatic hydroxyl groups excluding tert-OH is 1. The van der Waals surface area contributed by atoms with Crippen LogP contribution < -0.4 is 9.64 Å². The number of hydrogen-bond donors (Lipinski definition) is 2. The molecule has 1 aliphatic rings. The number of hydrogen-bond acceptors (Lipinski definition) is 7. The predicted octanol–water partition coefficient (Wildman–Crippen LogP) is 3.74. The Labute approximate surface area is 201 Å². The maximum absolute atomic E-state index is 13.2. The molecule has 3 aromatic carbocycles. The molecule has 0 radical (unpaired) electrons. The lowest BCUT2D eigenvalue weighted by Crippen LogP contribution is -2.29. The standard InChI is InChI=1S/C27H23NO7/c1-34-21-6-4-3-5-20(21)25(31)23-24(17-9-13-19(29)14-10-17)28(27(33)26(23)32)18-11-7-16(8-12-18)15-22(30)35-2/h3-14,24,29,31H,15H2,1-2H3/b25-23-. The van der Waals surface area contributed by atoms with Crippen molar-refractivity contribution in [3.8, 4) is 11.5 Å². The highest BCUT2D eigenvalue weighted by atomic mass is 16.5. The zero-order chi connectivity index (χ0) is 25.1. The van der Waals surface area contributed by atoms with E-state index in [-0.39, 0.29) is 29.1 Å². The molecule has 8 nitrogen and oxygen atoms in total.